The molecule has 10 heteroatoms. The zero-order valence-electron chi connectivity index (χ0n) is 18.0. The van der Waals surface area contributed by atoms with E-state index in [1.54, 1.807) is 28.8 Å². The predicted octanol–water partition coefficient (Wildman–Crippen LogP) is 6.84. The summed E-state index contributed by atoms with van der Waals surface area (Å²) in [6.07, 6.45) is 0. The van der Waals surface area contributed by atoms with Gasteiger partial charge in [0.1, 0.15) is 28.2 Å². The Hall–Kier alpha value is -3.78. The highest BCUT2D eigenvalue weighted by molar-refractivity contribution is 7.99. The molecule has 0 amide bonds. The second kappa shape index (κ2) is 10.2. The molecule has 172 valence electrons. The third-order valence-electron chi connectivity index (χ3n) is 4.99. The average molecular weight is 518 g/mol. The smallest absolute Gasteiger partial charge is 0.196 e. The maximum absolute atomic E-state index is 13.2. The molecule has 35 heavy (non-hydrogen) atoms. The lowest BCUT2D eigenvalue weighted by molar-refractivity contribution is 0.420. The molecule has 0 fully saturated rings. The number of benzene rings is 2. The molecule has 0 saturated carbocycles. The van der Waals surface area contributed by atoms with Gasteiger partial charge >= 0.3 is 0 Å². The third-order valence-corrected chi connectivity index (χ3v) is 7.65. The summed E-state index contributed by atoms with van der Waals surface area (Å²) in [5.74, 6) is 0.394. The molecule has 3 aromatic heterocycles. The first-order valence-electron chi connectivity index (χ1n) is 10.4. The van der Waals surface area contributed by atoms with Crippen molar-refractivity contribution < 1.29 is 9.50 Å². The van der Waals surface area contributed by atoms with Gasteiger partial charge < -0.3 is 5.11 Å². The second-order valence-electron chi connectivity index (χ2n) is 7.22. The Morgan fingerprint density at radius 3 is 2.54 bits per heavy atom. The Balaban J connectivity index is 1.43. The number of thiophene rings is 1. The zero-order valence-corrected chi connectivity index (χ0v) is 20.4. The second-order valence-corrected chi connectivity index (χ2v) is 9.97. The van der Waals surface area contributed by atoms with Crippen LogP contribution in [0.2, 0.25) is 0 Å². The van der Waals surface area contributed by atoms with Gasteiger partial charge in [-0.15, -0.1) is 32.9 Å². The molecule has 0 aliphatic carbocycles. The highest BCUT2D eigenvalue weighted by Crippen LogP contribution is 2.33. The lowest BCUT2D eigenvalue weighted by Crippen LogP contribution is -2.00. The van der Waals surface area contributed by atoms with Crippen LogP contribution < -0.4 is 0 Å². The summed E-state index contributed by atoms with van der Waals surface area (Å²) in [4.78, 5) is 5.45. The first kappa shape index (κ1) is 23.0. The van der Waals surface area contributed by atoms with Crippen molar-refractivity contribution in [3.63, 3.8) is 0 Å². The van der Waals surface area contributed by atoms with Gasteiger partial charge in [-0.05, 0) is 47.8 Å². The Bertz CT molecular complexity index is 1520. The van der Waals surface area contributed by atoms with E-state index in [1.807, 2.05) is 52.4 Å². The van der Waals surface area contributed by atoms with E-state index in [0.29, 0.717) is 21.7 Å². The molecule has 0 spiro atoms. The summed E-state index contributed by atoms with van der Waals surface area (Å²) in [5.41, 5.74) is 2.34. The molecule has 0 bridgehead atoms. The molecule has 5 rings (SSSR count). The number of hydrogen-bond acceptors (Lipinski definition) is 8. The van der Waals surface area contributed by atoms with Crippen molar-refractivity contribution in [1.82, 2.24) is 19.7 Å². The maximum Gasteiger partial charge on any atom is 0.196 e. The van der Waals surface area contributed by atoms with Gasteiger partial charge in [0.25, 0.3) is 0 Å². The van der Waals surface area contributed by atoms with E-state index in [0.717, 1.165) is 16.1 Å². The van der Waals surface area contributed by atoms with Gasteiger partial charge in [0, 0.05) is 16.6 Å². The van der Waals surface area contributed by atoms with Crippen LogP contribution >= 0.6 is 34.4 Å². The standard InChI is InChI=1S/C25H16FN5OS3/c26-17-10-8-16(9-11-17)20-14-34-24(28-20)19(13-27)21(32)15-35-25-30-29-23(22-7-4-12-33-22)31(25)18-5-2-1-3-6-18/h1-12,14,32H,15H2. The van der Waals surface area contributed by atoms with Crippen LogP contribution in [-0.2, 0) is 0 Å². The summed E-state index contributed by atoms with van der Waals surface area (Å²) in [6, 6.07) is 21.7. The SMILES string of the molecule is N#CC(=C(O)CSc1nnc(-c2cccs2)n1-c1ccccc1)c1nc(-c2ccc(F)cc2)cs1. The normalized spacial score (nSPS) is 11.8. The van der Waals surface area contributed by atoms with Crippen molar-refractivity contribution in [2.45, 2.75) is 5.16 Å². The number of allylic oxidation sites excluding steroid dienone is 1. The number of thioether (sulfide) groups is 1. The number of aromatic nitrogens is 4. The Morgan fingerprint density at radius 2 is 1.83 bits per heavy atom. The highest BCUT2D eigenvalue weighted by atomic mass is 32.2. The molecule has 0 saturated heterocycles. The summed E-state index contributed by atoms with van der Waals surface area (Å²) in [5, 5.41) is 34.0. The van der Waals surface area contributed by atoms with Crippen LogP contribution in [0.5, 0.6) is 0 Å². The molecule has 5 aromatic rings. The summed E-state index contributed by atoms with van der Waals surface area (Å²) >= 11 is 4.10. The molecular formula is C25H16FN5OS3. The Labute approximate surface area is 212 Å². The van der Waals surface area contributed by atoms with Gasteiger partial charge in [0.05, 0.1) is 16.3 Å². The molecule has 0 aliphatic heterocycles. The van der Waals surface area contributed by atoms with Gasteiger partial charge in [-0.1, -0.05) is 36.0 Å². The number of aliphatic hydroxyl groups excluding tert-OH is 1. The van der Waals surface area contributed by atoms with Crippen molar-refractivity contribution in [2.75, 3.05) is 5.75 Å². The van der Waals surface area contributed by atoms with Gasteiger partial charge in [-0.3, -0.25) is 4.57 Å². The molecule has 0 unspecified atom stereocenters. The fraction of sp³-hybridized carbons (Fsp3) is 0.0400. The molecule has 0 aliphatic rings. The molecular weight excluding hydrogens is 502 g/mol. The summed E-state index contributed by atoms with van der Waals surface area (Å²) in [7, 11) is 0. The van der Waals surface area contributed by atoms with Crippen molar-refractivity contribution >= 4 is 40.0 Å². The molecule has 6 nitrogen and oxygen atoms in total. The van der Waals surface area contributed by atoms with Gasteiger partial charge in [-0.25, -0.2) is 9.37 Å². The van der Waals surface area contributed by atoms with Crippen molar-refractivity contribution in [3.8, 4) is 33.7 Å². The Morgan fingerprint density at radius 1 is 1.03 bits per heavy atom. The summed E-state index contributed by atoms with van der Waals surface area (Å²) < 4.78 is 15.2. The van der Waals surface area contributed by atoms with Gasteiger partial charge in [0.2, 0.25) is 0 Å². The first-order chi connectivity index (χ1) is 17.1. The van der Waals surface area contributed by atoms with E-state index in [9.17, 15) is 14.8 Å². The van der Waals surface area contributed by atoms with E-state index in [1.165, 1.54) is 35.2 Å². The third kappa shape index (κ3) is 4.88. The molecule has 0 atom stereocenters. The number of nitrogens with zero attached hydrogens (tertiary/aromatic N) is 5. The zero-order chi connectivity index (χ0) is 24.2. The minimum Gasteiger partial charge on any atom is -0.510 e. The van der Waals surface area contributed by atoms with Crippen molar-refractivity contribution in [2.24, 2.45) is 0 Å². The van der Waals surface area contributed by atoms with Gasteiger partial charge in [-0.2, -0.15) is 5.26 Å². The minimum absolute atomic E-state index is 0.0973. The van der Waals surface area contributed by atoms with E-state index in [2.05, 4.69) is 21.3 Å². The number of rotatable bonds is 7. The quantitative estimate of drug-likeness (QED) is 0.144. The number of thiazole rings is 1. The number of para-hydroxylation sites is 1. The van der Waals surface area contributed by atoms with Crippen LogP contribution in [0.25, 0.3) is 33.2 Å². The predicted molar refractivity (Wildman–Crippen MR) is 138 cm³/mol. The fourth-order valence-electron chi connectivity index (χ4n) is 3.32. The van der Waals surface area contributed by atoms with Crippen molar-refractivity contribution in [3.05, 3.63) is 94.1 Å². The molecule has 3 heterocycles. The molecule has 0 radical (unpaired) electrons. The van der Waals surface area contributed by atoms with Crippen LogP contribution in [0.15, 0.2) is 88.4 Å². The van der Waals surface area contributed by atoms with Crippen LogP contribution in [-0.4, -0.2) is 30.6 Å². The van der Waals surface area contributed by atoms with Gasteiger partial charge in [0.15, 0.2) is 11.0 Å². The number of halogens is 1. The number of aliphatic hydroxyl groups is 1. The maximum atomic E-state index is 13.2. The lowest BCUT2D eigenvalue weighted by atomic mass is 10.2. The largest absolute Gasteiger partial charge is 0.510 e. The minimum atomic E-state index is -0.331. The molecule has 2 aromatic carbocycles. The average Bonchev–Trinajstić information content (AvgIpc) is 3.65. The lowest BCUT2D eigenvalue weighted by Gasteiger charge is -2.09. The molecule has 1 N–H and O–H groups in total. The number of hydrogen-bond donors (Lipinski definition) is 1. The highest BCUT2D eigenvalue weighted by Gasteiger charge is 2.19. The van der Waals surface area contributed by atoms with Crippen LogP contribution in [0.4, 0.5) is 4.39 Å². The monoisotopic (exact) mass is 517 g/mol. The van der Waals surface area contributed by atoms with E-state index < -0.39 is 0 Å². The first-order valence-corrected chi connectivity index (χ1v) is 13.1. The Kier molecular flexibility index (Phi) is 6.72. The van der Waals surface area contributed by atoms with Crippen LogP contribution in [0, 0.1) is 17.1 Å². The van der Waals surface area contributed by atoms with E-state index >= 15 is 0 Å². The van der Waals surface area contributed by atoms with E-state index in [4.69, 9.17) is 0 Å². The van der Waals surface area contributed by atoms with Crippen LogP contribution in [0.1, 0.15) is 5.01 Å². The number of nitriles is 1. The topological polar surface area (TPSA) is 87.6 Å². The van der Waals surface area contributed by atoms with E-state index in [-0.39, 0.29) is 22.9 Å². The van der Waals surface area contributed by atoms with Crippen molar-refractivity contribution in [1.29, 1.82) is 5.26 Å². The summed E-state index contributed by atoms with van der Waals surface area (Å²) in [6.45, 7) is 0. The fourth-order valence-corrected chi connectivity index (χ4v) is 5.69. The van der Waals surface area contributed by atoms with Crippen LogP contribution in [0.3, 0.4) is 0 Å².